The average molecular weight is 287 g/mol. The third-order valence-electron chi connectivity index (χ3n) is 2.81. The molecule has 0 saturated heterocycles. The van der Waals surface area contributed by atoms with Crippen molar-refractivity contribution in [3.8, 4) is 0 Å². The number of hydrogen-bond acceptors (Lipinski definition) is 4. The molecule has 0 aromatic rings. The Morgan fingerprint density at radius 3 is 2.20 bits per heavy atom. The summed E-state index contributed by atoms with van der Waals surface area (Å²) >= 11 is 0. The second kappa shape index (κ2) is 8.82. The molecule has 0 rings (SSSR count). The minimum absolute atomic E-state index is 0.270. The first-order valence-corrected chi connectivity index (χ1v) is 7.28. The van der Waals surface area contributed by atoms with Gasteiger partial charge >= 0.3 is 12.1 Å². The molecule has 0 saturated carbocycles. The van der Waals surface area contributed by atoms with Gasteiger partial charge in [0.15, 0.2) is 0 Å². The maximum Gasteiger partial charge on any atom is 0.407 e. The molecule has 0 spiro atoms. The van der Waals surface area contributed by atoms with E-state index in [0.717, 1.165) is 12.8 Å². The number of ether oxygens (including phenoxy) is 2. The van der Waals surface area contributed by atoms with Crippen molar-refractivity contribution in [1.29, 1.82) is 0 Å². The second-order valence-electron chi connectivity index (χ2n) is 6.37. The van der Waals surface area contributed by atoms with Gasteiger partial charge in [0.1, 0.15) is 6.04 Å². The molecule has 0 aliphatic heterocycles. The van der Waals surface area contributed by atoms with Crippen LogP contribution in [0.15, 0.2) is 0 Å². The van der Waals surface area contributed by atoms with E-state index >= 15 is 0 Å². The number of rotatable bonds is 7. The number of esters is 1. The molecule has 0 fully saturated rings. The quantitative estimate of drug-likeness (QED) is 0.577. The van der Waals surface area contributed by atoms with E-state index < -0.39 is 23.5 Å². The van der Waals surface area contributed by atoms with Crippen LogP contribution in [-0.2, 0) is 14.3 Å². The summed E-state index contributed by atoms with van der Waals surface area (Å²) in [5.41, 5.74) is -0.429. The number of alkyl carbamates (subject to hydrolysis) is 1. The van der Waals surface area contributed by atoms with Crippen LogP contribution in [0.1, 0.15) is 54.4 Å². The topological polar surface area (TPSA) is 64.6 Å². The predicted molar refractivity (Wildman–Crippen MR) is 78.4 cm³/mol. The van der Waals surface area contributed by atoms with Crippen molar-refractivity contribution in [2.24, 2.45) is 11.3 Å². The van der Waals surface area contributed by atoms with Crippen molar-refractivity contribution in [2.75, 3.05) is 13.2 Å². The van der Waals surface area contributed by atoms with Crippen LogP contribution < -0.4 is 5.32 Å². The molecular weight excluding hydrogens is 258 g/mol. The van der Waals surface area contributed by atoms with Gasteiger partial charge < -0.3 is 14.8 Å². The third kappa shape index (κ3) is 8.02. The molecule has 0 aromatic heterocycles. The van der Waals surface area contributed by atoms with E-state index in [-0.39, 0.29) is 6.61 Å². The summed E-state index contributed by atoms with van der Waals surface area (Å²) in [5.74, 6) is 0.180. The van der Waals surface area contributed by atoms with Gasteiger partial charge in [0.2, 0.25) is 0 Å². The molecule has 1 amide bonds. The second-order valence-corrected chi connectivity index (χ2v) is 6.37. The van der Waals surface area contributed by atoms with Crippen molar-refractivity contribution in [2.45, 2.75) is 60.4 Å². The molecule has 1 N–H and O–H groups in total. The Kier molecular flexibility index (Phi) is 8.26. The lowest BCUT2D eigenvalue weighted by Crippen LogP contribution is -2.50. The van der Waals surface area contributed by atoms with E-state index in [1.54, 1.807) is 6.92 Å². The fraction of sp³-hybridized carbons (Fsp3) is 0.867. The molecule has 1 unspecified atom stereocenters. The number of hydrogen-bond donors (Lipinski definition) is 1. The predicted octanol–water partition coefficient (Wildman–Crippen LogP) is 3.13. The van der Waals surface area contributed by atoms with E-state index in [2.05, 4.69) is 19.2 Å². The molecule has 0 aliphatic rings. The summed E-state index contributed by atoms with van der Waals surface area (Å²) in [7, 11) is 0. The molecule has 0 bridgehead atoms. The van der Waals surface area contributed by atoms with E-state index in [0.29, 0.717) is 12.5 Å². The summed E-state index contributed by atoms with van der Waals surface area (Å²) in [6.45, 7) is 12.2. The van der Waals surface area contributed by atoms with Gasteiger partial charge in [-0.3, -0.25) is 0 Å². The van der Waals surface area contributed by atoms with Crippen LogP contribution in [0.25, 0.3) is 0 Å². The van der Waals surface area contributed by atoms with Gasteiger partial charge in [-0.15, -0.1) is 0 Å². The number of nitrogens with one attached hydrogen (secondary N) is 1. The van der Waals surface area contributed by atoms with E-state index in [4.69, 9.17) is 9.47 Å². The first-order chi connectivity index (χ1) is 9.18. The average Bonchev–Trinajstić information content (AvgIpc) is 2.30. The van der Waals surface area contributed by atoms with Crippen molar-refractivity contribution < 1.29 is 19.1 Å². The Morgan fingerprint density at radius 2 is 1.75 bits per heavy atom. The lowest BCUT2D eigenvalue weighted by Gasteiger charge is -2.29. The first kappa shape index (κ1) is 18.7. The van der Waals surface area contributed by atoms with Crippen molar-refractivity contribution in [1.82, 2.24) is 5.32 Å². The smallest absolute Gasteiger partial charge is 0.407 e. The lowest BCUT2D eigenvalue weighted by atomic mass is 9.87. The Labute approximate surface area is 122 Å². The number of carbonyl (C=O) groups excluding carboxylic acids is 2. The maximum atomic E-state index is 12.1. The summed E-state index contributed by atoms with van der Waals surface area (Å²) in [6, 6.07) is -0.708. The third-order valence-corrected chi connectivity index (χ3v) is 2.81. The molecule has 0 aliphatic carbocycles. The molecule has 0 heterocycles. The van der Waals surface area contributed by atoms with Crippen LogP contribution >= 0.6 is 0 Å². The van der Waals surface area contributed by atoms with E-state index in [9.17, 15) is 9.59 Å². The van der Waals surface area contributed by atoms with Gasteiger partial charge in [-0.1, -0.05) is 34.6 Å². The SMILES string of the molecule is CCOC(=O)NC(C(=O)OCCCC(C)C)C(C)(C)C. The van der Waals surface area contributed by atoms with Crippen LogP contribution in [-0.4, -0.2) is 31.3 Å². The fourth-order valence-corrected chi connectivity index (χ4v) is 1.67. The van der Waals surface area contributed by atoms with Gasteiger partial charge in [0.05, 0.1) is 13.2 Å². The van der Waals surface area contributed by atoms with Crippen LogP contribution in [0.2, 0.25) is 0 Å². The zero-order valence-corrected chi connectivity index (χ0v) is 13.6. The van der Waals surface area contributed by atoms with Crippen molar-refractivity contribution >= 4 is 12.1 Å². The summed E-state index contributed by atoms with van der Waals surface area (Å²) in [4.78, 5) is 23.6. The first-order valence-electron chi connectivity index (χ1n) is 7.28. The highest BCUT2D eigenvalue weighted by Gasteiger charge is 2.34. The van der Waals surface area contributed by atoms with Gasteiger partial charge in [-0.2, -0.15) is 0 Å². The largest absolute Gasteiger partial charge is 0.464 e. The Balaban J connectivity index is 4.40. The summed E-state index contributed by atoms with van der Waals surface area (Å²) in [6.07, 6.45) is 1.25. The standard InChI is InChI=1S/C15H29NO4/c1-7-19-14(18)16-12(15(4,5)6)13(17)20-10-8-9-11(2)3/h11-12H,7-10H2,1-6H3,(H,16,18). The summed E-state index contributed by atoms with van der Waals surface area (Å²) < 4.78 is 10.1. The van der Waals surface area contributed by atoms with Crippen LogP contribution in [0.3, 0.4) is 0 Å². The van der Waals surface area contributed by atoms with Gasteiger partial charge in [-0.25, -0.2) is 9.59 Å². The molecule has 0 aromatic carbocycles. The minimum Gasteiger partial charge on any atom is -0.464 e. The van der Waals surface area contributed by atoms with Gasteiger partial charge in [0, 0.05) is 0 Å². The molecule has 0 radical (unpaired) electrons. The highest BCUT2D eigenvalue weighted by atomic mass is 16.6. The number of amides is 1. The summed E-state index contributed by atoms with van der Waals surface area (Å²) in [5, 5.41) is 2.57. The lowest BCUT2D eigenvalue weighted by molar-refractivity contribution is -0.149. The number of carbonyl (C=O) groups is 2. The molecule has 20 heavy (non-hydrogen) atoms. The van der Waals surface area contributed by atoms with Crippen LogP contribution in [0.4, 0.5) is 4.79 Å². The minimum atomic E-state index is -0.708. The molecule has 5 nitrogen and oxygen atoms in total. The van der Waals surface area contributed by atoms with Crippen LogP contribution in [0, 0.1) is 11.3 Å². The molecule has 118 valence electrons. The van der Waals surface area contributed by atoms with E-state index in [1.807, 2.05) is 20.8 Å². The zero-order valence-electron chi connectivity index (χ0n) is 13.6. The van der Waals surface area contributed by atoms with Gasteiger partial charge in [-0.05, 0) is 31.1 Å². The molecule has 5 heteroatoms. The highest BCUT2D eigenvalue weighted by Crippen LogP contribution is 2.20. The Hall–Kier alpha value is -1.26. The Bertz CT molecular complexity index is 307. The molecule has 1 atom stereocenters. The monoisotopic (exact) mass is 287 g/mol. The van der Waals surface area contributed by atoms with Gasteiger partial charge in [0.25, 0.3) is 0 Å². The normalized spacial score (nSPS) is 12.9. The van der Waals surface area contributed by atoms with E-state index in [1.165, 1.54) is 0 Å². The maximum absolute atomic E-state index is 12.1. The molecular formula is C15H29NO4. The zero-order chi connectivity index (χ0) is 15.8. The highest BCUT2D eigenvalue weighted by molar-refractivity contribution is 5.82. The van der Waals surface area contributed by atoms with Crippen LogP contribution in [0.5, 0.6) is 0 Å². The Morgan fingerprint density at radius 1 is 1.15 bits per heavy atom. The van der Waals surface area contributed by atoms with Crippen molar-refractivity contribution in [3.05, 3.63) is 0 Å². The fourth-order valence-electron chi connectivity index (χ4n) is 1.67. The van der Waals surface area contributed by atoms with Crippen molar-refractivity contribution in [3.63, 3.8) is 0 Å².